The summed E-state index contributed by atoms with van der Waals surface area (Å²) in [5.74, 6) is 0. The second-order valence-corrected chi connectivity index (χ2v) is 8.31. The highest BCUT2D eigenvalue weighted by atomic mass is 16.3. The SMILES string of the molecule is O=CC(CCN1CCC(O)(c2ccccc2)CC1)(c1ccccc1)c1ccccc1. The highest BCUT2D eigenvalue weighted by Gasteiger charge is 2.37. The van der Waals surface area contributed by atoms with Gasteiger partial charge >= 0.3 is 0 Å². The molecule has 0 amide bonds. The van der Waals surface area contributed by atoms with Crippen molar-refractivity contribution < 1.29 is 9.90 Å². The van der Waals surface area contributed by atoms with Gasteiger partial charge in [0, 0.05) is 13.1 Å². The summed E-state index contributed by atoms with van der Waals surface area (Å²) in [5.41, 5.74) is 1.65. The summed E-state index contributed by atoms with van der Waals surface area (Å²) in [4.78, 5) is 14.9. The molecule has 1 aliphatic rings. The van der Waals surface area contributed by atoms with Crippen molar-refractivity contribution in [3.05, 3.63) is 108 Å². The van der Waals surface area contributed by atoms with Gasteiger partial charge in [0.15, 0.2) is 0 Å². The van der Waals surface area contributed by atoms with Gasteiger partial charge in [0.25, 0.3) is 0 Å². The number of piperidine rings is 1. The summed E-state index contributed by atoms with van der Waals surface area (Å²) in [5, 5.41) is 11.1. The van der Waals surface area contributed by atoms with Crippen LogP contribution in [0, 0.1) is 0 Å². The molecule has 154 valence electrons. The standard InChI is InChI=1S/C27H29NO2/c29-22-26(23-10-4-1-5-11-23,24-12-6-2-7-13-24)16-19-28-20-17-27(30,18-21-28)25-14-8-3-9-15-25/h1-15,22,30H,16-21H2. The van der Waals surface area contributed by atoms with Gasteiger partial charge in [-0.25, -0.2) is 0 Å². The molecule has 1 fully saturated rings. The van der Waals surface area contributed by atoms with Crippen LogP contribution in [0.25, 0.3) is 0 Å². The Balaban J connectivity index is 1.50. The van der Waals surface area contributed by atoms with Crippen LogP contribution in [0.3, 0.4) is 0 Å². The van der Waals surface area contributed by atoms with Crippen LogP contribution in [-0.4, -0.2) is 35.9 Å². The average Bonchev–Trinajstić information content (AvgIpc) is 2.83. The van der Waals surface area contributed by atoms with Crippen LogP contribution in [0.15, 0.2) is 91.0 Å². The molecule has 3 aromatic rings. The molecule has 0 bridgehead atoms. The minimum absolute atomic E-state index is 0.657. The monoisotopic (exact) mass is 399 g/mol. The van der Waals surface area contributed by atoms with Crippen molar-refractivity contribution in [2.75, 3.05) is 19.6 Å². The molecule has 0 radical (unpaired) electrons. The minimum atomic E-state index is -0.752. The van der Waals surface area contributed by atoms with Crippen molar-refractivity contribution in [2.24, 2.45) is 0 Å². The normalized spacial score (nSPS) is 16.8. The Morgan fingerprint density at radius 2 is 1.27 bits per heavy atom. The van der Waals surface area contributed by atoms with Crippen molar-refractivity contribution in [2.45, 2.75) is 30.3 Å². The van der Waals surface area contributed by atoms with E-state index in [1.807, 2.05) is 91.0 Å². The molecule has 0 unspecified atom stereocenters. The van der Waals surface area contributed by atoms with E-state index in [0.717, 1.165) is 42.6 Å². The lowest BCUT2D eigenvalue weighted by atomic mass is 9.73. The lowest BCUT2D eigenvalue weighted by Crippen LogP contribution is -2.44. The van der Waals surface area contributed by atoms with E-state index in [1.54, 1.807) is 0 Å². The van der Waals surface area contributed by atoms with E-state index in [9.17, 15) is 9.90 Å². The molecule has 0 saturated carbocycles. The van der Waals surface area contributed by atoms with E-state index in [1.165, 1.54) is 0 Å². The van der Waals surface area contributed by atoms with Crippen LogP contribution in [0.5, 0.6) is 0 Å². The number of hydrogen-bond donors (Lipinski definition) is 1. The van der Waals surface area contributed by atoms with Crippen molar-refractivity contribution in [3.63, 3.8) is 0 Å². The zero-order chi connectivity index (χ0) is 20.9. The number of benzene rings is 3. The number of nitrogens with zero attached hydrogens (tertiary/aromatic N) is 1. The first-order valence-corrected chi connectivity index (χ1v) is 10.7. The second kappa shape index (κ2) is 8.95. The molecule has 3 nitrogen and oxygen atoms in total. The van der Waals surface area contributed by atoms with Crippen molar-refractivity contribution in [1.82, 2.24) is 4.90 Å². The fourth-order valence-electron chi connectivity index (χ4n) is 4.64. The first kappa shape index (κ1) is 20.5. The quantitative estimate of drug-likeness (QED) is 0.593. The van der Waals surface area contributed by atoms with Crippen molar-refractivity contribution in [1.29, 1.82) is 0 Å². The molecule has 1 aliphatic heterocycles. The molecule has 4 rings (SSSR count). The fourth-order valence-corrected chi connectivity index (χ4v) is 4.64. The van der Waals surface area contributed by atoms with Crippen molar-refractivity contribution in [3.8, 4) is 0 Å². The summed E-state index contributed by atoms with van der Waals surface area (Å²) in [6, 6.07) is 30.1. The summed E-state index contributed by atoms with van der Waals surface area (Å²) < 4.78 is 0. The topological polar surface area (TPSA) is 40.5 Å². The molecular weight excluding hydrogens is 370 g/mol. The zero-order valence-electron chi connectivity index (χ0n) is 17.3. The van der Waals surface area contributed by atoms with E-state index in [2.05, 4.69) is 4.90 Å². The molecule has 0 aromatic heterocycles. The average molecular weight is 400 g/mol. The first-order chi connectivity index (χ1) is 14.7. The van der Waals surface area contributed by atoms with Crippen LogP contribution in [0.4, 0.5) is 0 Å². The Bertz CT molecular complexity index is 893. The summed E-state index contributed by atoms with van der Waals surface area (Å²) in [6.45, 7) is 2.46. The van der Waals surface area contributed by atoms with E-state index in [0.29, 0.717) is 19.3 Å². The Hall–Kier alpha value is -2.75. The second-order valence-electron chi connectivity index (χ2n) is 8.31. The third-order valence-corrected chi connectivity index (χ3v) is 6.60. The molecule has 1 N–H and O–H groups in total. The number of likely N-dealkylation sites (tertiary alicyclic amines) is 1. The summed E-state index contributed by atoms with van der Waals surface area (Å²) in [6.07, 6.45) is 3.25. The lowest BCUT2D eigenvalue weighted by Gasteiger charge is -2.40. The molecule has 3 aromatic carbocycles. The molecule has 30 heavy (non-hydrogen) atoms. The van der Waals surface area contributed by atoms with Gasteiger partial charge in [-0.15, -0.1) is 0 Å². The largest absolute Gasteiger partial charge is 0.385 e. The van der Waals surface area contributed by atoms with Gasteiger partial charge in [0.2, 0.25) is 0 Å². The Morgan fingerprint density at radius 1 is 0.800 bits per heavy atom. The van der Waals surface area contributed by atoms with Crippen LogP contribution in [-0.2, 0) is 15.8 Å². The summed E-state index contributed by atoms with van der Waals surface area (Å²) in [7, 11) is 0. The van der Waals surface area contributed by atoms with Gasteiger partial charge in [0.1, 0.15) is 6.29 Å². The van der Waals surface area contributed by atoms with Crippen LogP contribution in [0.2, 0.25) is 0 Å². The lowest BCUT2D eigenvalue weighted by molar-refractivity contribution is -0.111. The van der Waals surface area contributed by atoms with Gasteiger partial charge in [0.05, 0.1) is 11.0 Å². The molecular formula is C27H29NO2. The van der Waals surface area contributed by atoms with Crippen LogP contribution >= 0.6 is 0 Å². The highest BCUT2D eigenvalue weighted by molar-refractivity contribution is 5.75. The number of hydrogen-bond acceptors (Lipinski definition) is 3. The van der Waals surface area contributed by atoms with E-state index < -0.39 is 11.0 Å². The number of aldehydes is 1. The molecule has 0 atom stereocenters. The van der Waals surface area contributed by atoms with Gasteiger partial charge in [-0.1, -0.05) is 91.0 Å². The van der Waals surface area contributed by atoms with Gasteiger partial charge in [-0.3, -0.25) is 0 Å². The zero-order valence-corrected chi connectivity index (χ0v) is 17.3. The smallest absolute Gasteiger partial charge is 0.134 e. The van der Waals surface area contributed by atoms with E-state index in [-0.39, 0.29) is 0 Å². The first-order valence-electron chi connectivity index (χ1n) is 10.7. The Labute approximate surface area is 179 Å². The Kier molecular flexibility index (Phi) is 6.12. The number of aliphatic hydroxyl groups is 1. The maximum Gasteiger partial charge on any atom is 0.134 e. The fraction of sp³-hybridized carbons (Fsp3) is 0.296. The molecule has 3 heteroatoms. The minimum Gasteiger partial charge on any atom is -0.385 e. The van der Waals surface area contributed by atoms with Gasteiger partial charge in [-0.05, 0) is 42.5 Å². The number of carbonyl (C=O) groups is 1. The molecule has 0 aliphatic carbocycles. The predicted molar refractivity (Wildman–Crippen MR) is 120 cm³/mol. The highest BCUT2D eigenvalue weighted by Crippen LogP contribution is 2.36. The Morgan fingerprint density at radius 3 is 1.73 bits per heavy atom. The number of rotatable bonds is 7. The molecule has 0 spiro atoms. The third-order valence-electron chi connectivity index (χ3n) is 6.60. The van der Waals surface area contributed by atoms with Crippen LogP contribution < -0.4 is 0 Å². The van der Waals surface area contributed by atoms with E-state index in [4.69, 9.17) is 0 Å². The third kappa shape index (κ3) is 4.09. The van der Waals surface area contributed by atoms with Gasteiger partial charge in [-0.2, -0.15) is 0 Å². The maximum absolute atomic E-state index is 12.5. The molecule has 1 heterocycles. The maximum atomic E-state index is 12.5. The van der Waals surface area contributed by atoms with Crippen LogP contribution in [0.1, 0.15) is 36.0 Å². The van der Waals surface area contributed by atoms with E-state index >= 15 is 0 Å². The van der Waals surface area contributed by atoms with Crippen molar-refractivity contribution >= 4 is 6.29 Å². The molecule has 1 saturated heterocycles. The predicted octanol–water partition coefficient (Wildman–Crippen LogP) is 4.55. The number of carbonyl (C=O) groups excluding carboxylic acids is 1. The van der Waals surface area contributed by atoms with Gasteiger partial charge < -0.3 is 14.8 Å². The summed E-state index contributed by atoms with van der Waals surface area (Å²) >= 11 is 0.